The molecule has 2 aromatic rings. The van der Waals surface area contributed by atoms with Crippen molar-refractivity contribution in [1.82, 2.24) is 9.80 Å². The van der Waals surface area contributed by atoms with Gasteiger partial charge in [0.15, 0.2) is 0 Å². The van der Waals surface area contributed by atoms with Gasteiger partial charge in [-0.1, -0.05) is 43.7 Å². The molecule has 168 valence electrons. The van der Waals surface area contributed by atoms with Gasteiger partial charge in [0.2, 0.25) is 0 Å². The number of carbonyl (C=O) groups excluding carboxylic acids is 1. The van der Waals surface area contributed by atoms with Gasteiger partial charge < -0.3 is 19.9 Å². The van der Waals surface area contributed by atoms with Crippen LogP contribution in [0.1, 0.15) is 50.7 Å². The van der Waals surface area contributed by atoms with Crippen molar-refractivity contribution < 1.29 is 9.53 Å². The van der Waals surface area contributed by atoms with E-state index in [0.29, 0.717) is 12.6 Å². The van der Waals surface area contributed by atoms with Crippen molar-refractivity contribution in [3.05, 3.63) is 59.7 Å². The van der Waals surface area contributed by atoms with Crippen LogP contribution >= 0.6 is 0 Å². The van der Waals surface area contributed by atoms with E-state index in [4.69, 9.17) is 4.74 Å². The molecule has 0 aromatic heterocycles. The summed E-state index contributed by atoms with van der Waals surface area (Å²) in [6.07, 6.45) is 4.46. The molecule has 1 aliphatic heterocycles. The summed E-state index contributed by atoms with van der Waals surface area (Å²) in [5.41, 5.74) is 2.99. The van der Waals surface area contributed by atoms with Gasteiger partial charge in [-0.15, -0.1) is 0 Å². The molecule has 0 radical (unpaired) electrons. The molecule has 1 atom stereocenters. The summed E-state index contributed by atoms with van der Waals surface area (Å²) in [6.45, 7) is 9.28. The Morgan fingerprint density at radius 1 is 1.19 bits per heavy atom. The number of carbonyl (C=O) groups is 1. The lowest BCUT2D eigenvalue weighted by Gasteiger charge is -2.40. The standard InChI is InChI=1S/C26H37N3O2/c1-5-9-21(3)28-16-14-23(15-17-28)29(19-22-10-7-6-8-11-22)26(30)27-25-13-12-24(31-4)18-20(25)2/h6-8,10-13,18,21,23H,5,9,14-17,19H2,1-4H3,(H,27,30). The van der Waals surface area contributed by atoms with E-state index in [1.54, 1.807) is 7.11 Å². The normalized spacial score (nSPS) is 16.0. The molecule has 5 nitrogen and oxygen atoms in total. The third kappa shape index (κ3) is 6.23. The van der Waals surface area contributed by atoms with E-state index in [0.717, 1.165) is 48.5 Å². The third-order valence-electron chi connectivity index (χ3n) is 6.40. The molecule has 1 N–H and O–H groups in total. The van der Waals surface area contributed by atoms with E-state index in [1.165, 1.54) is 12.8 Å². The Kier molecular flexibility index (Phi) is 8.35. The Hall–Kier alpha value is -2.53. The van der Waals surface area contributed by atoms with Crippen LogP contribution in [0, 0.1) is 6.92 Å². The molecule has 31 heavy (non-hydrogen) atoms. The van der Waals surface area contributed by atoms with Crippen LogP contribution in [0.5, 0.6) is 5.75 Å². The van der Waals surface area contributed by atoms with Crippen molar-refractivity contribution in [3.63, 3.8) is 0 Å². The first-order chi connectivity index (χ1) is 15.0. The molecule has 0 bridgehead atoms. The quantitative estimate of drug-likeness (QED) is 0.593. The molecule has 1 fully saturated rings. The molecule has 3 rings (SSSR count). The number of methoxy groups -OCH3 is 1. The first kappa shape index (κ1) is 23.1. The maximum absolute atomic E-state index is 13.4. The number of benzene rings is 2. The number of ether oxygens (including phenoxy) is 1. The minimum Gasteiger partial charge on any atom is -0.497 e. The highest BCUT2D eigenvalue weighted by molar-refractivity contribution is 5.90. The highest BCUT2D eigenvalue weighted by atomic mass is 16.5. The second-order valence-corrected chi connectivity index (χ2v) is 8.63. The van der Waals surface area contributed by atoms with Gasteiger partial charge in [-0.3, -0.25) is 0 Å². The molecule has 0 saturated carbocycles. The Bertz CT molecular complexity index is 832. The fourth-order valence-corrected chi connectivity index (χ4v) is 4.48. The molecular weight excluding hydrogens is 386 g/mol. The lowest BCUT2D eigenvalue weighted by molar-refractivity contribution is 0.0989. The third-order valence-corrected chi connectivity index (χ3v) is 6.40. The topological polar surface area (TPSA) is 44.8 Å². The van der Waals surface area contributed by atoms with Crippen molar-refractivity contribution in [2.24, 2.45) is 0 Å². The molecule has 1 heterocycles. The van der Waals surface area contributed by atoms with Crippen molar-refractivity contribution in [2.75, 3.05) is 25.5 Å². The minimum absolute atomic E-state index is 0.0304. The maximum atomic E-state index is 13.4. The molecule has 1 saturated heterocycles. The van der Waals surface area contributed by atoms with Crippen molar-refractivity contribution in [3.8, 4) is 5.75 Å². The molecule has 2 amide bonds. The van der Waals surface area contributed by atoms with Gasteiger partial charge >= 0.3 is 6.03 Å². The molecule has 5 heteroatoms. The summed E-state index contributed by atoms with van der Waals surface area (Å²) in [7, 11) is 1.66. The fraction of sp³-hybridized carbons (Fsp3) is 0.500. The zero-order valence-electron chi connectivity index (χ0n) is 19.4. The molecule has 1 unspecified atom stereocenters. The number of likely N-dealkylation sites (tertiary alicyclic amines) is 1. The summed E-state index contributed by atoms with van der Waals surface area (Å²) in [5.74, 6) is 0.796. The van der Waals surface area contributed by atoms with Crippen LogP contribution in [0.25, 0.3) is 0 Å². The number of aryl methyl sites for hydroxylation is 1. The number of anilines is 1. The summed E-state index contributed by atoms with van der Waals surface area (Å²) < 4.78 is 5.30. The van der Waals surface area contributed by atoms with E-state index in [1.807, 2.05) is 48.2 Å². The molecule has 2 aromatic carbocycles. The van der Waals surface area contributed by atoms with Crippen LogP contribution in [0.15, 0.2) is 48.5 Å². The van der Waals surface area contributed by atoms with Gasteiger partial charge in [0.1, 0.15) is 5.75 Å². The van der Waals surface area contributed by atoms with Gasteiger partial charge in [0.05, 0.1) is 7.11 Å². The zero-order chi connectivity index (χ0) is 22.2. The van der Waals surface area contributed by atoms with Crippen LogP contribution in [0.4, 0.5) is 10.5 Å². The molecule has 0 aliphatic carbocycles. The van der Waals surface area contributed by atoms with E-state index >= 15 is 0 Å². The predicted octanol–water partition coefficient (Wildman–Crippen LogP) is 5.69. The summed E-state index contributed by atoms with van der Waals surface area (Å²) >= 11 is 0. The summed E-state index contributed by atoms with van der Waals surface area (Å²) in [6, 6.07) is 16.9. The lowest BCUT2D eigenvalue weighted by Crippen LogP contribution is -2.50. The van der Waals surface area contributed by atoms with Gasteiger partial charge in [-0.2, -0.15) is 0 Å². The van der Waals surface area contributed by atoms with Crippen LogP contribution in [0.3, 0.4) is 0 Å². The van der Waals surface area contributed by atoms with E-state index in [9.17, 15) is 4.79 Å². The highest BCUT2D eigenvalue weighted by Gasteiger charge is 2.29. The smallest absolute Gasteiger partial charge is 0.322 e. The minimum atomic E-state index is -0.0304. The predicted molar refractivity (Wildman–Crippen MR) is 128 cm³/mol. The maximum Gasteiger partial charge on any atom is 0.322 e. The van der Waals surface area contributed by atoms with E-state index < -0.39 is 0 Å². The Labute approximate surface area is 187 Å². The van der Waals surface area contributed by atoms with Crippen LogP contribution < -0.4 is 10.1 Å². The van der Waals surface area contributed by atoms with Crippen LogP contribution in [-0.2, 0) is 6.54 Å². The lowest BCUT2D eigenvalue weighted by atomic mass is 10.00. The van der Waals surface area contributed by atoms with Gasteiger partial charge in [-0.25, -0.2) is 4.79 Å². The zero-order valence-corrected chi connectivity index (χ0v) is 19.4. The number of hydrogen-bond donors (Lipinski definition) is 1. The van der Waals surface area contributed by atoms with Gasteiger partial charge in [-0.05, 0) is 62.4 Å². The number of nitrogens with zero attached hydrogens (tertiary/aromatic N) is 2. The number of urea groups is 1. The molecule has 0 spiro atoms. The number of amides is 2. The first-order valence-corrected chi connectivity index (χ1v) is 11.5. The highest BCUT2D eigenvalue weighted by Crippen LogP contribution is 2.25. The van der Waals surface area contributed by atoms with E-state index in [-0.39, 0.29) is 12.1 Å². The second kappa shape index (κ2) is 11.2. The van der Waals surface area contributed by atoms with Gasteiger partial charge in [0.25, 0.3) is 0 Å². The number of rotatable bonds is 8. The SMILES string of the molecule is CCCC(C)N1CCC(N(Cc2ccccc2)C(=O)Nc2ccc(OC)cc2C)CC1. The number of piperidine rings is 1. The molecule has 1 aliphatic rings. The second-order valence-electron chi connectivity index (χ2n) is 8.63. The average molecular weight is 424 g/mol. The average Bonchev–Trinajstić information content (AvgIpc) is 2.79. The Morgan fingerprint density at radius 2 is 1.90 bits per heavy atom. The number of hydrogen-bond acceptors (Lipinski definition) is 3. The van der Waals surface area contributed by atoms with Crippen molar-refractivity contribution in [2.45, 2.75) is 65.1 Å². The van der Waals surface area contributed by atoms with Gasteiger partial charge in [0, 0.05) is 37.4 Å². The largest absolute Gasteiger partial charge is 0.497 e. The first-order valence-electron chi connectivity index (χ1n) is 11.5. The van der Waals surface area contributed by atoms with Crippen molar-refractivity contribution in [1.29, 1.82) is 0 Å². The monoisotopic (exact) mass is 423 g/mol. The van der Waals surface area contributed by atoms with Crippen LogP contribution in [0.2, 0.25) is 0 Å². The summed E-state index contributed by atoms with van der Waals surface area (Å²) in [4.78, 5) is 18.0. The Balaban J connectivity index is 1.73. The fourth-order valence-electron chi connectivity index (χ4n) is 4.48. The summed E-state index contributed by atoms with van der Waals surface area (Å²) in [5, 5.41) is 3.15. The van der Waals surface area contributed by atoms with Crippen molar-refractivity contribution >= 4 is 11.7 Å². The molecular formula is C26H37N3O2. The number of nitrogens with one attached hydrogen (secondary N) is 1. The van der Waals surface area contributed by atoms with Crippen LogP contribution in [-0.4, -0.2) is 48.1 Å². The van der Waals surface area contributed by atoms with E-state index in [2.05, 4.69) is 36.2 Å². The Morgan fingerprint density at radius 3 is 2.52 bits per heavy atom.